The van der Waals surface area contributed by atoms with Gasteiger partial charge in [-0.1, -0.05) is 31.4 Å². The molecular weight excluding hydrogens is 138 g/mol. The van der Waals surface area contributed by atoms with Gasteiger partial charge in [-0.3, -0.25) is 0 Å². The zero-order valence-corrected chi connectivity index (χ0v) is 7.59. The quantitative estimate of drug-likeness (QED) is 0.529. The van der Waals surface area contributed by atoms with Crippen LogP contribution in [0.4, 0.5) is 0 Å². The van der Waals surface area contributed by atoms with Crippen LogP contribution in [0.3, 0.4) is 0 Å². The summed E-state index contributed by atoms with van der Waals surface area (Å²) >= 11 is 0. The topological polar surface area (TPSA) is 35.0 Å². The molecule has 1 rings (SSSR count). The smallest absolute Gasteiger partial charge is 0.0197 e. The summed E-state index contributed by atoms with van der Waals surface area (Å²) in [7, 11) is 0.508. The minimum Gasteiger partial charge on any atom is -0.344 e. The number of hydrogen-bond acceptors (Lipinski definition) is 1. The molecule has 0 unspecified atom stereocenters. The molecule has 3 heteroatoms. The number of rotatable bonds is 0. The monoisotopic (exact) mass is 153 g/mol. The standard InChI is InChI=1S/C5H12Si.ClH.H3N/c1-2-4-6-5-3-1;;/h1-6H2;1H;1H3. The van der Waals surface area contributed by atoms with Crippen LogP contribution in [0.2, 0.25) is 12.1 Å². The van der Waals surface area contributed by atoms with E-state index < -0.39 is 0 Å². The summed E-state index contributed by atoms with van der Waals surface area (Å²) in [6.07, 6.45) is 4.66. The van der Waals surface area contributed by atoms with E-state index in [1.165, 1.54) is 6.42 Å². The van der Waals surface area contributed by atoms with E-state index in [1.807, 2.05) is 0 Å². The second-order valence-electron chi connectivity index (χ2n) is 2.12. The van der Waals surface area contributed by atoms with Gasteiger partial charge in [-0.05, 0) is 0 Å². The van der Waals surface area contributed by atoms with Gasteiger partial charge in [-0.2, -0.15) is 0 Å². The summed E-state index contributed by atoms with van der Waals surface area (Å²) in [4.78, 5) is 0. The molecule has 0 radical (unpaired) electrons. The van der Waals surface area contributed by atoms with Crippen molar-refractivity contribution in [1.29, 1.82) is 0 Å². The maximum absolute atomic E-state index is 1.64. The molecule has 1 heterocycles. The molecule has 0 aromatic carbocycles. The van der Waals surface area contributed by atoms with Crippen molar-refractivity contribution in [2.24, 2.45) is 0 Å². The van der Waals surface area contributed by atoms with Crippen LogP contribution in [-0.2, 0) is 0 Å². The molecule has 0 aromatic heterocycles. The summed E-state index contributed by atoms with van der Waals surface area (Å²) in [5.74, 6) is 0. The summed E-state index contributed by atoms with van der Waals surface area (Å²) in [6, 6.07) is 3.28. The molecule has 1 aliphatic rings. The molecule has 0 aromatic rings. The van der Waals surface area contributed by atoms with Crippen LogP contribution in [-0.4, -0.2) is 9.52 Å². The average molecular weight is 154 g/mol. The molecule has 0 bridgehead atoms. The van der Waals surface area contributed by atoms with Gasteiger partial charge >= 0.3 is 0 Å². The predicted molar refractivity (Wildman–Crippen MR) is 44.3 cm³/mol. The fourth-order valence-corrected chi connectivity index (χ4v) is 2.83. The van der Waals surface area contributed by atoms with Crippen molar-refractivity contribution >= 4 is 21.9 Å². The molecule has 52 valence electrons. The van der Waals surface area contributed by atoms with Crippen LogP contribution >= 0.6 is 12.4 Å². The van der Waals surface area contributed by atoms with Gasteiger partial charge in [0.15, 0.2) is 0 Å². The molecule has 0 amide bonds. The van der Waals surface area contributed by atoms with Gasteiger partial charge in [0.1, 0.15) is 0 Å². The van der Waals surface area contributed by atoms with Crippen LogP contribution in [0, 0.1) is 0 Å². The molecule has 0 atom stereocenters. The third-order valence-corrected chi connectivity index (χ3v) is 3.50. The third kappa shape index (κ3) is 4.62. The normalized spacial score (nSPS) is 18.0. The maximum atomic E-state index is 1.64. The molecule has 0 saturated carbocycles. The highest BCUT2D eigenvalue weighted by Crippen LogP contribution is 2.10. The maximum Gasteiger partial charge on any atom is 0.0197 e. The first-order valence-electron chi connectivity index (χ1n) is 3.00. The fraction of sp³-hybridized carbons (Fsp3) is 1.00. The van der Waals surface area contributed by atoms with Gasteiger partial charge < -0.3 is 6.15 Å². The van der Waals surface area contributed by atoms with Gasteiger partial charge in [0.05, 0.1) is 0 Å². The van der Waals surface area contributed by atoms with Gasteiger partial charge in [0, 0.05) is 9.52 Å². The summed E-state index contributed by atoms with van der Waals surface area (Å²) in [6.45, 7) is 0. The zero-order chi connectivity index (χ0) is 4.24. The first-order chi connectivity index (χ1) is 3.00. The fourth-order valence-electron chi connectivity index (χ4n) is 1.06. The van der Waals surface area contributed by atoms with Crippen LogP contribution in [0.1, 0.15) is 19.3 Å². The lowest BCUT2D eigenvalue weighted by atomic mass is 10.3. The van der Waals surface area contributed by atoms with E-state index in [9.17, 15) is 0 Å². The van der Waals surface area contributed by atoms with Crippen molar-refractivity contribution in [2.75, 3.05) is 0 Å². The predicted octanol–water partition coefficient (Wildman–Crippen LogP) is 1.76. The lowest BCUT2D eigenvalue weighted by Crippen LogP contribution is -1.94. The Morgan fingerprint density at radius 3 is 1.50 bits per heavy atom. The molecule has 0 aliphatic carbocycles. The van der Waals surface area contributed by atoms with E-state index in [0.29, 0.717) is 9.52 Å². The second-order valence-corrected chi connectivity index (χ2v) is 4.24. The van der Waals surface area contributed by atoms with Crippen LogP contribution in [0.5, 0.6) is 0 Å². The molecule has 1 aliphatic heterocycles. The highest BCUT2D eigenvalue weighted by atomic mass is 35.5. The molecule has 8 heavy (non-hydrogen) atoms. The number of halogens is 1. The highest BCUT2D eigenvalue weighted by Gasteiger charge is 1.96. The molecule has 1 fully saturated rings. The van der Waals surface area contributed by atoms with Crippen molar-refractivity contribution in [3.8, 4) is 0 Å². The Morgan fingerprint density at radius 1 is 0.875 bits per heavy atom. The summed E-state index contributed by atoms with van der Waals surface area (Å²) in [5.41, 5.74) is 0. The second kappa shape index (κ2) is 7.47. The van der Waals surface area contributed by atoms with E-state index in [-0.39, 0.29) is 18.6 Å². The largest absolute Gasteiger partial charge is 0.344 e. The minimum absolute atomic E-state index is 0. The van der Waals surface area contributed by atoms with E-state index in [0.717, 1.165) is 0 Å². The van der Waals surface area contributed by atoms with Crippen molar-refractivity contribution in [1.82, 2.24) is 6.15 Å². The van der Waals surface area contributed by atoms with Gasteiger partial charge in [-0.25, -0.2) is 0 Å². The molecule has 1 saturated heterocycles. The lowest BCUT2D eigenvalue weighted by Gasteiger charge is -2.04. The van der Waals surface area contributed by atoms with Crippen molar-refractivity contribution < 1.29 is 0 Å². The highest BCUT2D eigenvalue weighted by molar-refractivity contribution is 6.35. The van der Waals surface area contributed by atoms with Gasteiger partial charge in [0.25, 0.3) is 0 Å². The summed E-state index contributed by atoms with van der Waals surface area (Å²) in [5, 5.41) is 0. The lowest BCUT2D eigenvalue weighted by molar-refractivity contribution is 0.734. The Kier molecular flexibility index (Phi) is 10.5. The van der Waals surface area contributed by atoms with E-state index in [4.69, 9.17) is 0 Å². The van der Waals surface area contributed by atoms with Gasteiger partial charge in [0.2, 0.25) is 0 Å². The molecule has 1 nitrogen and oxygen atoms in total. The first-order valence-corrected chi connectivity index (χ1v) is 5.00. The third-order valence-electron chi connectivity index (χ3n) is 1.50. The van der Waals surface area contributed by atoms with Crippen molar-refractivity contribution in [3.63, 3.8) is 0 Å². The zero-order valence-electron chi connectivity index (χ0n) is 5.36. The molecular formula is C5H16ClNSi. The Balaban J connectivity index is 0. The Bertz CT molecular complexity index is 27.9. The Hall–Kier alpha value is 0.467. The van der Waals surface area contributed by atoms with E-state index in [2.05, 4.69) is 0 Å². The number of hydrogen-bond donors (Lipinski definition) is 1. The average Bonchev–Trinajstić information content (AvgIpc) is 1.72. The van der Waals surface area contributed by atoms with Gasteiger partial charge in [-0.15, -0.1) is 12.4 Å². The Labute approximate surface area is 60.1 Å². The minimum atomic E-state index is 0. The van der Waals surface area contributed by atoms with Crippen LogP contribution < -0.4 is 6.15 Å². The van der Waals surface area contributed by atoms with E-state index in [1.54, 1.807) is 24.9 Å². The molecule has 3 N–H and O–H groups in total. The first kappa shape index (κ1) is 11.3. The van der Waals surface area contributed by atoms with Crippen LogP contribution in [0.25, 0.3) is 0 Å². The van der Waals surface area contributed by atoms with E-state index >= 15 is 0 Å². The summed E-state index contributed by atoms with van der Waals surface area (Å²) < 4.78 is 0. The van der Waals surface area contributed by atoms with Crippen molar-refractivity contribution in [3.05, 3.63) is 0 Å². The SMILES string of the molecule is C1CC[SiH2]CC1.Cl.N. The Morgan fingerprint density at radius 2 is 1.38 bits per heavy atom. The molecule has 0 spiro atoms. The van der Waals surface area contributed by atoms with Crippen molar-refractivity contribution in [2.45, 2.75) is 31.4 Å². The van der Waals surface area contributed by atoms with Crippen LogP contribution in [0.15, 0.2) is 0 Å².